The van der Waals surface area contributed by atoms with E-state index >= 15 is 0 Å². The first kappa shape index (κ1) is 15.5. The third-order valence-corrected chi connectivity index (χ3v) is 3.65. The highest BCUT2D eigenvalue weighted by molar-refractivity contribution is 5.69. The van der Waals surface area contributed by atoms with Crippen LogP contribution in [0, 0.1) is 0 Å². The number of hydrogen-bond donors (Lipinski definition) is 1. The molecule has 0 radical (unpaired) electrons. The van der Waals surface area contributed by atoms with E-state index in [0.717, 1.165) is 24.4 Å². The smallest absolute Gasteiger partial charge is 0.305 e. The number of nitrogens with zero attached hydrogens (tertiary/aromatic N) is 1. The average Bonchev–Trinajstić information content (AvgIpc) is 2.39. The van der Waals surface area contributed by atoms with Crippen LogP contribution in [0.15, 0.2) is 24.3 Å². The molecule has 1 atom stereocenters. The molecular formula is C15H23NO3. The van der Waals surface area contributed by atoms with Gasteiger partial charge in [0.25, 0.3) is 0 Å². The van der Waals surface area contributed by atoms with Crippen LogP contribution in [0.25, 0.3) is 0 Å². The molecule has 0 aliphatic carbocycles. The Hall–Kier alpha value is -1.55. The summed E-state index contributed by atoms with van der Waals surface area (Å²) in [6.07, 6.45) is 0.0713. The van der Waals surface area contributed by atoms with Gasteiger partial charge in [0.1, 0.15) is 5.75 Å². The Morgan fingerprint density at radius 1 is 1.37 bits per heavy atom. The summed E-state index contributed by atoms with van der Waals surface area (Å²) in [5.41, 5.74) is 0.446. The van der Waals surface area contributed by atoms with E-state index < -0.39 is 11.5 Å². The summed E-state index contributed by atoms with van der Waals surface area (Å²) in [5.74, 6) is -0.0431. The lowest BCUT2D eigenvalue weighted by Crippen LogP contribution is -2.45. The van der Waals surface area contributed by atoms with Crippen molar-refractivity contribution >= 4 is 5.97 Å². The van der Waals surface area contributed by atoms with E-state index in [1.807, 2.05) is 45.0 Å². The van der Waals surface area contributed by atoms with Gasteiger partial charge in [-0.2, -0.15) is 0 Å². The predicted molar refractivity (Wildman–Crippen MR) is 75.5 cm³/mol. The molecule has 1 aromatic carbocycles. The van der Waals surface area contributed by atoms with Gasteiger partial charge in [-0.25, -0.2) is 0 Å². The van der Waals surface area contributed by atoms with Crippen molar-refractivity contribution in [3.05, 3.63) is 29.8 Å². The second kappa shape index (κ2) is 6.57. The van der Waals surface area contributed by atoms with E-state index in [9.17, 15) is 9.90 Å². The van der Waals surface area contributed by atoms with Gasteiger partial charge in [-0.05, 0) is 37.7 Å². The minimum Gasteiger partial charge on any atom is -0.497 e. The number of aliphatic carboxylic acids is 1. The Kier molecular flexibility index (Phi) is 5.36. The molecule has 4 heteroatoms. The Labute approximate surface area is 115 Å². The molecule has 0 saturated carbocycles. The lowest BCUT2D eigenvalue weighted by atomic mass is 9.86. The van der Waals surface area contributed by atoms with Crippen LogP contribution in [0.4, 0.5) is 0 Å². The molecule has 0 spiro atoms. The van der Waals surface area contributed by atoms with Gasteiger partial charge in [-0.1, -0.05) is 26.0 Å². The SMILES string of the molecule is CCN(CC)C(C)(CC(=O)O)c1cccc(OC)c1. The van der Waals surface area contributed by atoms with Gasteiger partial charge in [0, 0.05) is 0 Å². The highest BCUT2D eigenvalue weighted by Gasteiger charge is 2.34. The first-order valence-electron chi connectivity index (χ1n) is 6.59. The molecule has 1 unspecified atom stereocenters. The molecule has 0 saturated heterocycles. The number of ether oxygens (including phenoxy) is 1. The Morgan fingerprint density at radius 2 is 2.00 bits per heavy atom. The van der Waals surface area contributed by atoms with E-state index in [2.05, 4.69) is 4.90 Å². The molecule has 4 nitrogen and oxygen atoms in total. The molecule has 1 aromatic rings. The van der Waals surface area contributed by atoms with Gasteiger partial charge in [0.15, 0.2) is 0 Å². The van der Waals surface area contributed by atoms with Gasteiger partial charge in [-0.15, -0.1) is 0 Å². The predicted octanol–water partition coefficient (Wildman–Crippen LogP) is 2.73. The zero-order valence-electron chi connectivity index (χ0n) is 12.1. The molecule has 0 fully saturated rings. The summed E-state index contributed by atoms with van der Waals surface area (Å²) in [6, 6.07) is 7.65. The highest BCUT2D eigenvalue weighted by Crippen LogP contribution is 2.33. The molecule has 0 aromatic heterocycles. The summed E-state index contributed by atoms with van der Waals surface area (Å²) in [4.78, 5) is 13.4. The highest BCUT2D eigenvalue weighted by atomic mass is 16.5. The molecular weight excluding hydrogens is 242 g/mol. The summed E-state index contributed by atoms with van der Waals surface area (Å²) in [7, 11) is 1.62. The van der Waals surface area contributed by atoms with Crippen LogP contribution in [0.5, 0.6) is 5.75 Å². The van der Waals surface area contributed by atoms with E-state index in [-0.39, 0.29) is 6.42 Å². The topological polar surface area (TPSA) is 49.8 Å². The first-order chi connectivity index (χ1) is 8.97. The fourth-order valence-electron chi connectivity index (χ4n) is 2.57. The van der Waals surface area contributed by atoms with Crippen molar-refractivity contribution in [3.8, 4) is 5.75 Å². The summed E-state index contributed by atoms with van der Waals surface area (Å²) in [5, 5.41) is 9.22. The van der Waals surface area contributed by atoms with E-state index in [0.29, 0.717) is 0 Å². The summed E-state index contributed by atoms with van der Waals surface area (Å²) in [6.45, 7) is 7.67. The van der Waals surface area contributed by atoms with E-state index in [4.69, 9.17) is 4.74 Å². The van der Waals surface area contributed by atoms with Crippen molar-refractivity contribution in [1.82, 2.24) is 4.90 Å². The van der Waals surface area contributed by atoms with Crippen LogP contribution in [-0.4, -0.2) is 36.2 Å². The molecule has 0 amide bonds. The van der Waals surface area contributed by atoms with Crippen molar-refractivity contribution in [3.63, 3.8) is 0 Å². The van der Waals surface area contributed by atoms with Crippen LogP contribution in [0.2, 0.25) is 0 Å². The van der Waals surface area contributed by atoms with Crippen molar-refractivity contribution in [2.75, 3.05) is 20.2 Å². The van der Waals surface area contributed by atoms with Crippen LogP contribution in [0.3, 0.4) is 0 Å². The molecule has 0 bridgehead atoms. The number of rotatable bonds is 7. The Balaban J connectivity index is 3.24. The van der Waals surface area contributed by atoms with Gasteiger partial charge in [-0.3, -0.25) is 9.69 Å². The summed E-state index contributed by atoms with van der Waals surface area (Å²) < 4.78 is 5.24. The molecule has 1 N–H and O–H groups in total. The van der Waals surface area contributed by atoms with E-state index in [1.165, 1.54) is 0 Å². The van der Waals surface area contributed by atoms with Crippen molar-refractivity contribution in [2.45, 2.75) is 32.7 Å². The standard InChI is InChI=1S/C15H23NO3/c1-5-16(6-2)15(3,11-14(17)18)12-8-7-9-13(10-12)19-4/h7-10H,5-6,11H2,1-4H3,(H,17,18). The van der Waals surface area contributed by atoms with Crippen molar-refractivity contribution in [1.29, 1.82) is 0 Å². The number of carboxylic acid groups (broad SMARTS) is 1. The zero-order valence-corrected chi connectivity index (χ0v) is 12.1. The number of carboxylic acids is 1. The number of methoxy groups -OCH3 is 1. The zero-order chi connectivity index (χ0) is 14.5. The van der Waals surface area contributed by atoms with Crippen LogP contribution in [-0.2, 0) is 10.3 Å². The molecule has 1 rings (SSSR count). The van der Waals surface area contributed by atoms with Crippen LogP contribution < -0.4 is 4.74 Å². The fraction of sp³-hybridized carbons (Fsp3) is 0.533. The minimum absolute atomic E-state index is 0.0713. The minimum atomic E-state index is -0.794. The van der Waals surface area contributed by atoms with Crippen LogP contribution >= 0.6 is 0 Å². The first-order valence-corrected chi connectivity index (χ1v) is 6.59. The molecule has 0 aliphatic rings. The molecule has 0 aliphatic heterocycles. The van der Waals surface area contributed by atoms with Gasteiger partial charge >= 0.3 is 5.97 Å². The molecule has 106 valence electrons. The number of hydrogen-bond acceptors (Lipinski definition) is 3. The normalized spacial score (nSPS) is 14.2. The van der Waals surface area contributed by atoms with Crippen molar-refractivity contribution in [2.24, 2.45) is 0 Å². The molecule has 0 heterocycles. The molecule has 19 heavy (non-hydrogen) atoms. The summed E-state index contributed by atoms with van der Waals surface area (Å²) >= 11 is 0. The fourth-order valence-corrected chi connectivity index (χ4v) is 2.57. The third-order valence-electron chi connectivity index (χ3n) is 3.65. The number of benzene rings is 1. The maximum absolute atomic E-state index is 11.2. The third kappa shape index (κ3) is 3.47. The average molecular weight is 265 g/mol. The lowest BCUT2D eigenvalue weighted by Gasteiger charge is -2.40. The maximum Gasteiger partial charge on any atom is 0.305 e. The second-order valence-corrected chi connectivity index (χ2v) is 4.75. The quantitative estimate of drug-likeness (QED) is 0.823. The van der Waals surface area contributed by atoms with Gasteiger partial charge in [0.05, 0.1) is 19.1 Å². The van der Waals surface area contributed by atoms with Gasteiger partial charge < -0.3 is 9.84 Å². The van der Waals surface area contributed by atoms with E-state index in [1.54, 1.807) is 7.11 Å². The maximum atomic E-state index is 11.2. The van der Waals surface area contributed by atoms with Crippen LogP contribution in [0.1, 0.15) is 32.8 Å². The monoisotopic (exact) mass is 265 g/mol. The van der Waals surface area contributed by atoms with Crippen molar-refractivity contribution < 1.29 is 14.6 Å². The van der Waals surface area contributed by atoms with Gasteiger partial charge in [0.2, 0.25) is 0 Å². The number of carbonyl (C=O) groups is 1. The second-order valence-electron chi connectivity index (χ2n) is 4.75. The lowest BCUT2D eigenvalue weighted by molar-refractivity contribution is -0.140. The Bertz CT molecular complexity index is 429. The largest absolute Gasteiger partial charge is 0.497 e. The Morgan fingerprint density at radius 3 is 2.47 bits per heavy atom.